The number of anilines is 1. The van der Waals surface area contributed by atoms with E-state index < -0.39 is 11.7 Å². The fourth-order valence-corrected chi connectivity index (χ4v) is 2.46. The molecule has 0 saturated carbocycles. The van der Waals surface area contributed by atoms with Gasteiger partial charge >= 0.3 is 6.18 Å². The van der Waals surface area contributed by atoms with Gasteiger partial charge in [0.15, 0.2) is 0 Å². The summed E-state index contributed by atoms with van der Waals surface area (Å²) in [5.41, 5.74) is -0.273. The Morgan fingerprint density at radius 2 is 1.84 bits per heavy atom. The van der Waals surface area contributed by atoms with E-state index in [1.165, 1.54) is 6.07 Å². The van der Waals surface area contributed by atoms with Crippen LogP contribution in [0.25, 0.3) is 0 Å². The Kier molecular flexibility index (Phi) is 4.26. The fraction of sp³-hybridized carbons (Fsp3) is 0.538. The highest BCUT2D eigenvalue weighted by Gasteiger charge is 2.31. The van der Waals surface area contributed by atoms with Crippen LogP contribution in [-0.2, 0) is 6.18 Å². The molecule has 1 fully saturated rings. The van der Waals surface area contributed by atoms with Crippen molar-refractivity contribution in [1.29, 1.82) is 0 Å². The first-order valence-corrected chi connectivity index (χ1v) is 6.55. The van der Waals surface area contributed by atoms with Gasteiger partial charge < -0.3 is 10.2 Å². The van der Waals surface area contributed by atoms with Gasteiger partial charge in [0.05, 0.1) is 5.56 Å². The lowest BCUT2D eigenvalue weighted by atomic mass is 10.0. The molecule has 2 nitrogen and oxygen atoms in total. The molecule has 0 amide bonds. The lowest BCUT2D eigenvalue weighted by Crippen LogP contribution is -2.36. The van der Waals surface area contributed by atoms with Crippen molar-refractivity contribution in [3.63, 3.8) is 0 Å². The Morgan fingerprint density at radius 3 is 2.42 bits per heavy atom. The van der Waals surface area contributed by atoms with Gasteiger partial charge in [0.1, 0.15) is 0 Å². The largest absolute Gasteiger partial charge is 0.416 e. The minimum Gasteiger partial charge on any atom is -0.382 e. The molecule has 0 unspecified atom stereocenters. The van der Waals surface area contributed by atoms with Gasteiger partial charge in [-0.25, -0.2) is 0 Å². The van der Waals surface area contributed by atoms with Gasteiger partial charge in [-0.1, -0.05) is 11.6 Å². The Balaban J connectivity index is 2.10. The van der Waals surface area contributed by atoms with E-state index in [0.717, 1.165) is 38.1 Å². The molecule has 1 aromatic carbocycles. The third-order valence-corrected chi connectivity index (χ3v) is 3.53. The maximum Gasteiger partial charge on any atom is 0.416 e. The molecule has 0 spiro atoms. The second-order valence-corrected chi connectivity index (χ2v) is 5.38. The molecule has 1 heterocycles. The topological polar surface area (TPSA) is 15.3 Å². The highest BCUT2D eigenvalue weighted by atomic mass is 35.5. The Bertz CT molecular complexity index is 440. The molecular weight excluding hydrogens is 277 g/mol. The molecule has 2 rings (SSSR count). The lowest BCUT2D eigenvalue weighted by molar-refractivity contribution is -0.137. The Hall–Kier alpha value is -0.940. The molecule has 0 atom stereocenters. The van der Waals surface area contributed by atoms with Crippen LogP contribution < -0.4 is 5.32 Å². The van der Waals surface area contributed by atoms with Gasteiger partial charge in [-0.05, 0) is 51.2 Å². The summed E-state index contributed by atoms with van der Waals surface area (Å²) in [6.07, 6.45) is -2.52. The number of hydrogen-bond acceptors (Lipinski definition) is 2. The molecule has 19 heavy (non-hydrogen) atoms. The zero-order chi connectivity index (χ0) is 14.0. The summed E-state index contributed by atoms with van der Waals surface area (Å²) in [5.74, 6) is 0. The highest BCUT2D eigenvalue weighted by molar-refractivity contribution is 6.30. The summed E-state index contributed by atoms with van der Waals surface area (Å²) in [4.78, 5) is 2.21. The molecule has 0 aromatic heterocycles. The average molecular weight is 293 g/mol. The summed E-state index contributed by atoms with van der Waals surface area (Å²) >= 11 is 5.75. The van der Waals surface area contributed by atoms with Crippen molar-refractivity contribution in [1.82, 2.24) is 4.90 Å². The first-order valence-electron chi connectivity index (χ1n) is 6.17. The highest BCUT2D eigenvalue weighted by Crippen LogP contribution is 2.33. The third kappa shape index (κ3) is 4.01. The summed E-state index contributed by atoms with van der Waals surface area (Å²) in [6.45, 7) is 1.90. The number of benzene rings is 1. The molecule has 106 valence electrons. The Labute approximate surface area is 115 Å². The number of alkyl halides is 3. The van der Waals surface area contributed by atoms with E-state index in [1.807, 2.05) is 7.05 Å². The molecule has 1 aliphatic heterocycles. The summed E-state index contributed by atoms with van der Waals surface area (Å²) in [7, 11) is 2.04. The van der Waals surface area contributed by atoms with Crippen molar-refractivity contribution in [3.8, 4) is 0 Å². The van der Waals surface area contributed by atoms with Gasteiger partial charge in [0, 0.05) is 16.8 Å². The van der Waals surface area contributed by atoms with Crippen molar-refractivity contribution in [3.05, 3.63) is 28.8 Å². The van der Waals surface area contributed by atoms with E-state index in [4.69, 9.17) is 11.6 Å². The van der Waals surface area contributed by atoms with Gasteiger partial charge in [-0.2, -0.15) is 13.2 Å². The van der Waals surface area contributed by atoms with Crippen LogP contribution in [0, 0.1) is 0 Å². The second kappa shape index (κ2) is 5.59. The number of nitrogens with one attached hydrogen (secondary N) is 1. The van der Waals surface area contributed by atoms with E-state index in [9.17, 15) is 13.2 Å². The van der Waals surface area contributed by atoms with Gasteiger partial charge in [0.25, 0.3) is 0 Å². The van der Waals surface area contributed by atoms with Gasteiger partial charge in [-0.15, -0.1) is 0 Å². The first kappa shape index (κ1) is 14.5. The van der Waals surface area contributed by atoms with Crippen molar-refractivity contribution >= 4 is 17.3 Å². The van der Waals surface area contributed by atoms with Crippen LogP contribution in [0.15, 0.2) is 18.2 Å². The number of hydrogen-bond donors (Lipinski definition) is 1. The maximum atomic E-state index is 12.7. The normalized spacial score (nSPS) is 18.6. The maximum absolute atomic E-state index is 12.7. The van der Waals surface area contributed by atoms with E-state index >= 15 is 0 Å². The zero-order valence-corrected chi connectivity index (χ0v) is 11.4. The van der Waals surface area contributed by atoms with Crippen LogP contribution in [0.4, 0.5) is 18.9 Å². The lowest BCUT2D eigenvalue weighted by Gasteiger charge is -2.30. The fourth-order valence-electron chi connectivity index (χ4n) is 2.23. The minimum absolute atomic E-state index is 0.102. The summed E-state index contributed by atoms with van der Waals surface area (Å²) in [6, 6.07) is 3.80. The molecular formula is C13H16ClF3N2. The average Bonchev–Trinajstić information content (AvgIpc) is 2.30. The van der Waals surface area contributed by atoms with E-state index in [-0.39, 0.29) is 11.1 Å². The number of nitrogens with zero attached hydrogens (tertiary/aromatic N) is 1. The van der Waals surface area contributed by atoms with Crippen molar-refractivity contribution in [2.24, 2.45) is 0 Å². The molecule has 0 aliphatic carbocycles. The number of rotatable bonds is 2. The van der Waals surface area contributed by atoms with Crippen LogP contribution in [0.5, 0.6) is 0 Å². The monoisotopic (exact) mass is 292 g/mol. The van der Waals surface area contributed by atoms with E-state index in [0.29, 0.717) is 5.69 Å². The van der Waals surface area contributed by atoms with Crippen molar-refractivity contribution in [2.45, 2.75) is 25.1 Å². The third-order valence-electron chi connectivity index (χ3n) is 3.31. The second-order valence-electron chi connectivity index (χ2n) is 4.95. The number of likely N-dealkylation sites (tertiary alicyclic amines) is 1. The van der Waals surface area contributed by atoms with Crippen LogP contribution in [-0.4, -0.2) is 31.1 Å². The van der Waals surface area contributed by atoms with E-state index in [1.54, 1.807) is 0 Å². The van der Waals surface area contributed by atoms with Crippen LogP contribution >= 0.6 is 11.6 Å². The smallest absolute Gasteiger partial charge is 0.382 e. The predicted molar refractivity (Wildman–Crippen MR) is 70.6 cm³/mol. The number of halogens is 4. The van der Waals surface area contributed by atoms with Crippen molar-refractivity contribution in [2.75, 3.05) is 25.5 Å². The number of piperidine rings is 1. The van der Waals surface area contributed by atoms with Crippen LogP contribution in [0.1, 0.15) is 18.4 Å². The molecule has 6 heteroatoms. The minimum atomic E-state index is -4.37. The van der Waals surface area contributed by atoms with Gasteiger partial charge in [-0.3, -0.25) is 0 Å². The van der Waals surface area contributed by atoms with Crippen molar-refractivity contribution < 1.29 is 13.2 Å². The first-order chi connectivity index (χ1) is 8.84. The predicted octanol–water partition coefficient (Wildman–Crippen LogP) is 3.86. The molecule has 1 aliphatic rings. The standard InChI is InChI=1S/C13H16ClF3N2/c1-19-4-2-11(3-5-19)18-12-7-9(13(15,16)17)6-10(14)8-12/h6-8,11,18H,2-5H2,1H3. The van der Waals surface area contributed by atoms with Crippen LogP contribution in [0.3, 0.4) is 0 Å². The van der Waals surface area contributed by atoms with Gasteiger partial charge in [0.2, 0.25) is 0 Å². The summed E-state index contributed by atoms with van der Waals surface area (Å²) < 4.78 is 38.1. The van der Waals surface area contributed by atoms with Crippen LogP contribution in [0.2, 0.25) is 5.02 Å². The quantitative estimate of drug-likeness (QED) is 0.890. The zero-order valence-electron chi connectivity index (χ0n) is 10.6. The Morgan fingerprint density at radius 1 is 1.21 bits per heavy atom. The molecule has 1 aromatic rings. The molecule has 0 radical (unpaired) electrons. The molecule has 1 saturated heterocycles. The molecule has 0 bridgehead atoms. The SMILES string of the molecule is CN1CCC(Nc2cc(Cl)cc(C(F)(F)F)c2)CC1. The molecule has 1 N–H and O–H groups in total. The van der Waals surface area contributed by atoms with E-state index in [2.05, 4.69) is 10.2 Å². The summed E-state index contributed by atoms with van der Waals surface area (Å²) in [5, 5.41) is 3.25.